The van der Waals surface area contributed by atoms with E-state index in [4.69, 9.17) is 15.2 Å². The number of esters is 1. The summed E-state index contributed by atoms with van der Waals surface area (Å²) in [6.07, 6.45) is 2.86. The van der Waals surface area contributed by atoms with Gasteiger partial charge in [-0.2, -0.15) is 0 Å². The molecule has 4 heteroatoms. The van der Waals surface area contributed by atoms with Crippen molar-refractivity contribution in [1.29, 1.82) is 0 Å². The van der Waals surface area contributed by atoms with Crippen LogP contribution in [0.3, 0.4) is 0 Å². The maximum absolute atomic E-state index is 11.5. The molecule has 1 aliphatic heterocycles. The molecule has 0 aromatic rings. The average molecular weight is 185 g/mol. The van der Waals surface area contributed by atoms with Gasteiger partial charge in [0.05, 0.1) is 19.1 Å². The van der Waals surface area contributed by atoms with Crippen LogP contribution in [-0.2, 0) is 14.3 Å². The van der Waals surface area contributed by atoms with Crippen molar-refractivity contribution in [3.8, 4) is 0 Å². The van der Waals surface area contributed by atoms with Gasteiger partial charge in [0.15, 0.2) is 0 Å². The summed E-state index contributed by atoms with van der Waals surface area (Å²) in [4.78, 5) is 11.5. The van der Waals surface area contributed by atoms with E-state index in [1.54, 1.807) is 0 Å². The van der Waals surface area contributed by atoms with E-state index < -0.39 is 0 Å². The highest BCUT2D eigenvalue weighted by Gasteiger charge is 2.34. The lowest BCUT2D eigenvalue weighted by Gasteiger charge is -2.27. The summed E-state index contributed by atoms with van der Waals surface area (Å²) in [5.74, 6) is -0.195. The number of hydrogen-bond donors (Lipinski definition) is 1. The summed E-state index contributed by atoms with van der Waals surface area (Å²) in [5, 5.41) is 0. The van der Waals surface area contributed by atoms with Gasteiger partial charge in [0.2, 0.25) is 0 Å². The number of rotatable bonds is 2. The molecule has 2 rings (SSSR count). The Hall–Kier alpha value is -0.610. The predicted octanol–water partition coefficient (Wildman–Crippen LogP) is 0.0558. The van der Waals surface area contributed by atoms with Gasteiger partial charge in [0.25, 0.3) is 0 Å². The van der Waals surface area contributed by atoms with Crippen LogP contribution >= 0.6 is 0 Å². The van der Waals surface area contributed by atoms with Gasteiger partial charge in [-0.15, -0.1) is 0 Å². The van der Waals surface area contributed by atoms with E-state index in [0.717, 1.165) is 19.3 Å². The molecule has 1 heterocycles. The first-order valence-corrected chi connectivity index (χ1v) is 4.81. The van der Waals surface area contributed by atoms with E-state index in [1.165, 1.54) is 0 Å². The monoisotopic (exact) mass is 185 g/mol. The van der Waals surface area contributed by atoms with Crippen LogP contribution in [0, 0.1) is 5.92 Å². The number of nitrogens with two attached hydrogens (primary N) is 1. The van der Waals surface area contributed by atoms with Gasteiger partial charge in [-0.05, 0) is 12.8 Å². The fourth-order valence-corrected chi connectivity index (χ4v) is 1.82. The third-order valence-corrected chi connectivity index (χ3v) is 2.76. The molecule has 0 radical (unpaired) electrons. The summed E-state index contributed by atoms with van der Waals surface area (Å²) in [6, 6.07) is 0.00787. The minimum Gasteiger partial charge on any atom is -0.457 e. The fraction of sp³-hybridized carbons (Fsp3) is 0.889. The largest absolute Gasteiger partial charge is 0.457 e. The van der Waals surface area contributed by atoms with Crippen molar-refractivity contribution in [2.24, 2.45) is 11.7 Å². The zero-order valence-corrected chi connectivity index (χ0v) is 7.57. The lowest BCUT2D eigenvalue weighted by atomic mass is 10.1. The van der Waals surface area contributed by atoms with Crippen molar-refractivity contribution in [3.63, 3.8) is 0 Å². The van der Waals surface area contributed by atoms with E-state index in [1.807, 2.05) is 0 Å². The van der Waals surface area contributed by atoms with Crippen LogP contribution in [0.5, 0.6) is 0 Å². The first-order chi connectivity index (χ1) is 6.27. The molecular formula is C9H15NO3. The minimum absolute atomic E-state index is 0.00787. The molecule has 2 N–H and O–H groups in total. The molecule has 0 aromatic carbocycles. The van der Waals surface area contributed by atoms with Crippen molar-refractivity contribution in [2.45, 2.75) is 31.4 Å². The zero-order valence-electron chi connectivity index (χ0n) is 7.57. The Morgan fingerprint density at radius 3 is 2.62 bits per heavy atom. The maximum atomic E-state index is 11.5. The lowest BCUT2D eigenvalue weighted by Crippen LogP contribution is -2.41. The summed E-state index contributed by atoms with van der Waals surface area (Å²) >= 11 is 0. The molecule has 1 saturated carbocycles. The second-order valence-electron chi connectivity index (χ2n) is 3.80. The highest BCUT2D eigenvalue weighted by molar-refractivity contribution is 5.73. The van der Waals surface area contributed by atoms with Crippen LogP contribution in [0.15, 0.2) is 0 Å². The predicted molar refractivity (Wildman–Crippen MR) is 46.0 cm³/mol. The molecular weight excluding hydrogens is 170 g/mol. The van der Waals surface area contributed by atoms with Gasteiger partial charge in [-0.25, -0.2) is 0 Å². The molecule has 0 amide bonds. The number of ether oxygens (including phenoxy) is 2. The Balaban J connectivity index is 1.81. The Bertz CT molecular complexity index is 203. The van der Waals surface area contributed by atoms with E-state index in [2.05, 4.69) is 0 Å². The molecule has 2 fully saturated rings. The Kier molecular flexibility index (Phi) is 2.51. The second-order valence-corrected chi connectivity index (χ2v) is 3.80. The standard InChI is InChI=1S/C9H15NO3/c10-8-3-1-2-7(8)9(11)13-6-4-12-5-6/h6-8H,1-5,10H2/t7-,8+/m0/s1. The highest BCUT2D eigenvalue weighted by Crippen LogP contribution is 2.25. The molecule has 0 unspecified atom stereocenters. The van der Waals surface area contributed by atoms with Crippen molar-refractivity contribution >= 4 is 5.97 Å². The van der Waals surface area contributed by atoms with Gasteiger partial charge in [-0.3, -0.25) is 4.79 Å². The Labute approximate surface area is 77.4 Å². The molecule has 0 aromatic heterocycles. The first-order valence-electron chi connectivity index (χ1n) is 4.81. The maximum Gasteiger partial charge on any atom is 0.310 e. The zero-order chi connectivity index (χ0) is 9.26. The van der Waals surface area contributed by atoms with Gasteiger partial charge in [0, 0.05) is 6.04 Å². The number of carbonyl (C=O) groups is 1. The van der Waals surface area contributed by atoms with Crippen LogP contribution in [0.4, 0.5) is 0 Å². The summed E-state index contributed by atoms with van der Waals surface area (Å²) in [7, 11) is 0. The Morgan fingerprint density at radius 1 is 1.38 bits per heavy atom. The SMILES string of the molecule is N[C@@H]1CCC[C@@H]1C(=O)OC1COC1. The third kappa shape index (κ3) is 1.84. The van der Waals surface area contributed by atoms with Crippen molar-refractivity contribution in [1.82, 2.24) is 0 Å². The van der Waals surface area contributed by atoms with Gasteiger partial charge >= 0.3 is 5.97 Å². The lowest BCUT2D eigenvalue weighted by molar-refractivity contribution is -0.176. The second kappa shape index (κ2) is 3.64. The molecule has 0 spiro atoms. The van der Waals surface area contributed by atoms with Crippen molar-refractivity contribution in [2.75, 3.05) is 13.2 Å². The topological polar surface area (TPSA) is 61.6 Å². The van der Waals surface area contributed by atoms with Crippen LogP contribution in [0.2, 0.25) is 0 Å². The van der Waals surface area contributed by atoms with Gasteiger partial charge in [0.1, 0.15) is 6.10 Å². The molecule has 1 aliphatic carbocycles. The highest BCUT2D eigenvalue weighted by atomic mass is 16.6. The fourth-order valence-electron chi connectivity index (χ4n) is 1.82. The first kappa shape index (κ1) is 8.97. The normalized spacial score (nSPS) is 34.2. The van der Waals surface area contributed by atoms with Crippen molar-refractivity contribution < 1.29 is 14.3 Å². The molecule has 0 bridgehead atoms. The number of hydrogen-bond acceptors (Lipinski definition) is 4. The summed E-state index contributed by atoms with van der Waals surface area (Å²) < 4.78 is 10.1. The van der Waals surface area contributed by atoms with E-state index in [-0.39, 0.29) is 24.0 Å². The quantitative estimate of drug-likeness (QED) is 0.618. The number of carbonyl (C=O) groups excluding carboxylic acids is 1. The van der Waals surface area contributed by atoms with Crippen LogP contribution in [0.25, 0.3) is 0 Å². The van der Waals surface area contributed by atoms with Gasteiger partial charge < -0.3 is 15.2 Å². The molecule has 13 heavy (non-hydrogen) atoms. The van der Waals surface area contributed by atoms with Crippen LogP contribution in [0.1, 0.15) is 19.3 Å². The summed E-state index contributed by atoms with van der Waals surface area (Å²) in [5.41, 5.74) is 5.78. The molecule has 4 nitrogen and oxygen atoms in total. The van der Waals surface area contributed by atoms with E-state index >= 15 is 0 Å². The Morgan fingerprint density at radius 2 is 2.15 bits per heavy atom. The molecule has 1 saturated heterocycles. The molecule has 2 aliphatic rings. The van der Waals surface area contributed by atoms with E-state index in [0.29, 0.717) is 13.2 Å². The molecule has 74 valence electrons. The van der Waals surface area contributed by atoms with Crippen LogP contribution in [-0.4, -0.2) is 31.3 Å². The third-order valence-electron chi connectivity index (χ3n) is 2.76. The summed E-state index contributed by atoms with van der Waals surface area (Å²) in [6.45, 7) is 1.10. The smallest absolute Gasteiger partial charge is 0.310 e. The van der Waals surface area contributed by atoms with Gasteiger partial charge in [-0.1, -0.05) is 6.42 Å². The molecule has 2 atom stereocenters. The minimum atomic E-state index is -0.127. The van der Waals surface area contributed by atoms with E-state index in [9.17, 15) is 4.79 Å². The van der Waals surface area contributed by atoms with Crippen molar-refractivity contribution in [3.05, 3.63) is 0 Å². The average Bonchev–Trinajstić information content (AvgIpc) is 2.43. The van der Waals surface area contributed by atoms with Crippen LogP contribution < -0.4 is 5.73 Å².